The van der Waals surface area contributed by atoms with E-state index >= 15 is 0 Å². The topological polar surface area (TPSA) is 81.6 Å². The van der Waals surface area contributed by atoms with Crippen LogP contribution in [0.1, 0.15) is 0 Å². The minimum Gasteiger partial charge on any atom is -0.384 e. The molecule has 1 heterocycles. The highest BCUT2D eigenvalue weighted by atomic mass is 35.5. The fourth-order valence-electron chi connectivity index (χ4n) is 2.23. The van der Waals surface area contributed by atoms with Crippen LogP contribution < -0.4 is 4.31 Å². The van der Waals surface area contributed by atoms with Gasteiger partial charge in [-0.15, -0.1) is 0 Å². The van der Waals surface area contributed by atoms with Gasteiger partial charge in [-0.05, 0) is 18.2 Å². The lowest BCUT2D eigenvalue weighted by atomic mass is 10.3. The number of sulfonamides is 1. The Morgan fingerprint density at radius 1 is 1.11 bits per heavy atom. The maximum Gasteiger partial charge on any atom is 0.240 e. The highest BCUT2D eigenvalue weighted by Crippen LogP contribution is 2.27. The van der Waals surface area contributed by atoms with Gasteiger partial charge in [-0.3, -0.25) is 0 Å². The minimum atomic E-state index is -3.74. The van der Waals surface area contributed by atoms with Crippen LogP contribution in [0.4, 0.5) is 5.82 Å². The largest absolute Gasteiger partial charge is 0.384 e. The van der Waals surface area contributed by atoms with Crippen molar-refractivity contribution in [1.82, 2.24) is 9.97 Å². The highest BCUT2D eigenvalue weighted by Gasteiger charge is 2.27. The van der Waals surface area contributed by atoms with Crippen LogP contribution in [0, 0.1) is 0 Å². The van der Waals surface area contributed by atoms with Gasteiger partial charge in [0.15, 0.2) is 11.0 Å². The van der Waals surface area contributed by atoms with Gasteiger partial charge in [0.25, 0.3) is 0 Å². The predicted octanol–water partition coefficient (Wildman–Crippen LogP) is 3.38. The third-order valence-electron chi connectivity index (χ3n) is 3.83. The number of benzene rings is 1. The molecule has 0 spiro atoms. The Bertz CT molecular complexity index is 874. The summed E-state index contributed by atoms with van der Waals surface area (Å²) >= 11 is 6.26. The molecule has 0 saturated heterocycles. The molecule has 0 aliphatic heterocycles. The quantitative estimate of drug-likeness (QED) is 0.326. The van der Waals surface area contributed by atoms with Crippen molar-refractivity contribution in [3.8, 4) is 0 Å². The number of fused-ring (bicyclic) bond motifs is 1. The van der Waals surface area contributed by atoms with Crippen LogP contribution >= 0.6 is 11.6 Å². The Morgan fingerprint density at radius 2 is 1.74 bits per heavy atom. The molecule has 0 aliphatic carbocycles. The molecule has 0 atom stereocenters. The smallest absolute Gasteiger partial charge is 0.240 e. The van der Waals surface area contributed by atoms with Gasteiger partial charge in [0.05, 0.1) is 23.4 Å². The fraction of sp³-hybridized carbons (Fsp3) is 0.529. The summed E-state index contributed by atoms with van der Waals surface area (Å²) in [5, 5.41) is 0.0171. The molecule has 7 nitrogen and oxygen atoms in total. The number of rotatable bonds is 10. The van der Waals surface area contributed by atoms with Crippen molar-refractivity contribution < 1.29 is 17.9 Å². The number of nitrogens with zero attached hydrogens (tertiary/aromatic N) is 3. The summed E-state index contributed by atoms with van der Waals surface area (Å²) in [6.45, 7) is 7.07. The SMILES string of the molecule is COCCS(=O)(=O)N(COCC[Si](C)(C)C)c1nc2ccccc2nc1Cl. The van der Waals surface area contributed by atoms with Gasteiger partial charge >= 0.3 is 0 Å². The average Bonchev–Trinajstić information content (AvgIpc) is 2.58. The number of para-hydroxylation sites is 2. The minimum absolute atomic E-state index is 0.0171. The van der Waals surface area contributed by atoms with Crippen LogP contribution in [0.2, 0.25) is 30.8 Å². The van der Waals surface area contributed by atoms with E-state index in [9.17, 15) is 8.42 Å². The summed E-state index contributed by atoms with van der Waals surface area (Å²) in [6.07, 6.45) is 0. The lowest BCUT2D eigenvalue weighted by molar-refractivity contribution is 0.155. The number of aromatic nitrogens is 2. The van der Waals surface area contributed by atoms with Crippen LogP contribution in [0.3, 0.4) is 0 Å². The summed E-state index contributed by atoms with van der Waals surface area (Å²) in [6, 6.07) is 8.08. The zero-order valence-corrected chi connectivity index (χ0v) is 18.7. The molecule has 0 fully saturated rings. The van der Waals surface area contributed by atoms with E-state index in [1.54, 1.807) is 12.1 Å². The van der Waals surface area contributed by atoms with Crippen LogP contribution in [-0.4, -0.2) is 59.3 Å². The first-order valence-corrected chi connectivity index (χ1v) is 14.3. The molecule has 1 aromatic carbocycles. The molecule has 2 rings (SSSR count). The van der Waals surface area contributed by atoms with E-state index in [-0.39, 0.29) is 30.1 Å². The van der Waals surface area contributed by atoms with Gasteiger partial charge < -0.3 is 9.47 Å². The fourth-order valence-corrected chi connectivity index (χ4v) is 4.49. The summed E-state index contributed by atoms with van der Waals surface area (Å²) < 4.78 is 37.3. The number of hydrogen-bond acceptors (Lipinski definition) is 6. The Balaban J connectivity index is 2.32. The van der Waals surface area contributed by atoms with Gasteiger partial charge in [0.1, 0.15) is 6.73 Å². The Morgan fingerprint density at radius 3 is 2.33 bits per heavy atom. The monoisotopic (exact) mass is 431 g/mol. The number of hydrogen-bond donors (Lipinski definition) is 0. The van der Waals surface area contributed by atoms with Crippen molar-refractivity contribution in [2.45, 2.75) is 25.7 Å². The van der Waals surface area contributed by atoms with E-state index in [2.05, 4.69) is 29.6 Å². The molecule has 27 heavy (non-hydrogen) atoms. The van der Waals surface area contributed by atoms with Gasteiger partial charge in [-0.25, -0.2) is 22.7 Å². The Labute approximate surface area is 166 Å². The zero-order chi connectivity index (χ0) is 20.1. The second kappa shape index (κ2) is 9.29. The van der Waals surface area contributed by atoms with Crippen LogP contribution in [0.25, 0.3) is 11.0 Å². The van der Waals surface area contributed by atoms with Crippen molar-refractivity contribution in [1.29, 1.82) is 0 Å². The van der Waals surface area contributed by atoms with Crippen molar-refractivity contribution in [3.63, 3.8) is 0 Å². The van der Waals surface area contributed by atoms with E-state index in [0.717, 1.165) is 10.3 Å². The normalized spacial score (nSPS) is 12.5. The van der Waals surface area contributed by atoms with Gasteiger partial charge in [0, 0.05) is 21.8 Å². The number of anilines is 1. The molecule has 0 saturated carbocycles. The maximum absolute atomic E-state index is 12.8. The van der Waals surface area contributed by atoms with Gasteiger partial charge in [0.2, 0.25) is 10.0 Å². The standard InChI is InChI=1S/C17H26ClN3O4SSi/c1-24-9-11-26(22,23)21(13-25-10-12-27(2,3)4)17-16(18)19-14-7-5-6-8-15(14)20-17/h5-8H,9-13H2,1-4H3. The zero-order valence-electron chi connectivity index (χ0n) is 16.1. The molecular weight excluding hydrogens is 406 g/mol. The second-order valence-electron chi connectivity index (χ2n) is 7.33. The molecule has 0 aliphatic rings. The number of halogens is 1. The first kappa shape index (κ1) is 22.0. The third-order valence-corrected chi connectivity index (χ3v) is 7.42. The van der Waals surface area contributed by atoms with E-state index < -0.39 is 18.1 Å². The molecule has 1 aromatic heterocycles. The van der Waals surface area contributed by atoms with Crippen molar-refractivity contribution in [2.24, 2.45) is 0 Å². The Kier molecular flexibility index (Phi) is 7.58. The molecule has 2 aromatic rings. The average molecular weight is 432 g/mol. The maximum atomic E-state index is 12.8. The lowest BCUT2D eigenvalue weighted by Crippen LogP contribution is -2.37. The van der Waals surface area contributed by atoms with Crippen LogP contribution in [0.5, 0.6) is 0 Å². The molecule has 0 amide bonds. The van der Waals surface area contributed by atoms with E-state index in [0.29, 0.717) is 17.6 Å². The highest BCUT2D eigenvalue weighted by molar-refractivity contribution is 7.92. The first-order valence-electron chi connectivity index (χ1n) is 8.63. The predicted molar refractivity (Wildman–Crippen MR) is 112 cm³/mol. The molecule has 0 radical (unpaired) electrons. The summed E-state index contributed by atoms with van der Waals surface area (Å²) in [4.78, 5) is 8.69. The molecular formula is C17H26ClN3O4SSi. The van der Waals surface area contributed by atoms with Gasteiger partial charge in [-0.1, -0.05) is 43.4 Å². The molecule has 0 N–H and O–H groups in total. The Hall–Kier alpha value is -1.26. The molecule has 10 heteroatoms. The van der Waals surface area contributed by atoms with Crippen molar-refractivity contribution in [3.05, 3.63) is 29.4 Å². The van der Waals surface area contributed by atoms with Gasteiger partial charge in [-0.2, -0.15) is 0 Å². The number of methoxy groups -OCH3 is 1. The van der Waals surface area contributed by atoms with Crippen LogP contribution in [0.15, 0.2) is 24.3 Å². The second-order valence-corrected chi connectivity index (χ2v) is 15.3. The summed E-state index contributed by atoms with van der Waals surface area (Å²) in [7, 11) is -3.57. The van der Waals surface area contributed by atoms with E-state index in [1.165, 1.54) is 7.11 Å². The molecule has 150 valence electrons. The van der Waals surface area contributed by atoms with Crippen molar-refractivity contribution in [2.75, 3.05) is 37.1 Å². The van der Waals surface area contributed by atoms with Crippen LogP contribution in [-0.2, 0) is 19.5 Å². The van der Waals surface area contributed by atoms with Crippen molar-refractivity contribution >= 4 is 46.5 Å². The summed E-state index contributed by atoms with van der Waals surface area (Å²) in [5.41, 5.74) is 1.16. The number of ether oxygens (including phenoxy) is 2. The summed E-state index contributed by atoms with van der Waals surface area (Å²) in [5.74, 6) is -0.134. The van der Waals surface area contributed by atoms with E-state index in [4.69, 9.17) is 21.1 Å². The van der Waals surface area contributed by atoms with E-state index in [1.807, 2.05) is 12.1 Å². The lowest BCUT2D eigenvalue weighted by Gasteiger charge is -2.24. The molecule has 0 bridgehead atoms. The molecule has 0 unspecified atom stereocenters. The third kappa shape index (κ3) is 6.39. The first-order chi connectivity index (χ1) is 12.6.